The number of hydrogen-bond acceptors (Lipinski definition) is 3. The zero-order valence-electron chi connectivity index (χ0n) is 16.7. The fourth-order valence-corrected chi connectivity index (χ4v) is 3.76. The Morgan fingerprint density at radius 1 is 1.00 bits per heavy atom. The van der Waals surface area contributed by atoms with Gasteiger partial charge in [0.15, 0.2) is 0 Å². The Balaban J connectivity index is 1.38. The number of likely N-dealkylation sites (tertiary alicyclic amines) is 2. The Bertz CT molecular complexity index is 664. The molecule has 1 N–H and O–H groups in total. The van der Waals surface area contributed by atoms with Gasteiger partial charge in [-0.15, -0.1) is 0 Å². The molecule has 2 aliphatic heterocycles. The van der Waals surface area contributed by atoms with Crippen molar-refractivity contribution in [2.24, 2.45) is 5.92 Å². The highest BCUT2D eigenvalue weighted by Crippen LogP contribution is 2.20. The van der Waals surface area contributed by atoms with Crippen molar-refractivity contribution in [3.05, 3.63) is 30.1 Å². The van der Waals surface area contributed by atoms with E-state index in [2.05, 4.69) is 5.32 Å². The minimum atomic E-state index is -0.279. The summed E-state index contributed by atoms with van der Waals surface area (Å²) in [6, 6.07) is 6.12. The van der Waals surface area contributed by atoms with Gasteiger partial charge in [0.2, 0.25) is 5.91 Å². The summed E-state index contributed by atoms with van der Waals surface area (Å²) in [5.74, 6) is 0.586. The lowest BCUT2D eigenvalue weighted by atomic mass is 10.0. The Morgan fingerprint density at radius 3 is 2.14 bits per heavy atom. The van der Waals surface area contributed by atoms with Crippen molar-refractivity contribution < 1.29 is 18.7 Å². The molecule has 28 heavy (non-hydrogen) atoms. The van der Waals surface area contributed by atoms with Gasteiger partial charge < -0.3 is 19.9 Å². The molecule has 0 atom stereocenters. The van der Waals surface area contributed by atoms with Gasteiger partial charge in [0, 0.05) is 51.0 Å². The lowest BCUT2D eigenvalue weighted by Crippen LogP contribution is -2.52. The van der Waals surface area contributed by atoms with Crippen molar-refractivity contribution in [1.29, 1.82) is 0 Å². The molecule has 1 aromatic rings. The van der Waals surface area contributed by atoms with Crippen LogP contribution in [0.1, 0.15) is 39.5 Å². The van der Waals surface area contributed by atoms with Gasteiger partial charge in [0.1, 0.15) is 17.7 Å². The summed E-state index contributed by atoms with van der Waals surface area (Å²) in [5, 5.41) is 3.11. The quantitative estimate of drug-likeness (QED) is 0.858. The first-order chi connectivity index (χ1) is 13.4. The molecule has 2 aliphatic rings. The predicted octanol–water partition coefficient (Wildman–Crippen LogP) is 3.03. The van der Waals surface area contributed by atoms with Gasteiger partial charge >= 0.3 is 6.03 Å². The second-order valence-electron chi connectivity index (χ2n) is 7.96. The zero-order chi connectivity index (χ0) is 20.1. The fourth-order valence-electron chi connectivity index (χ4n) is 3.76. The van der Waals surface area contributed by atoms with Crippen molar-refractivity contribution >= 4 is 11.9 Å². The van der Waals surface area contributed by atoms with Gasteiger partial charge in [-0.1, -0.05) is 13.8 Å². The van der Waals surface area contributed by atoms with E-state index in [1.807, 2.05) is 23.6 Å². The number of carbonyl (C=O) groups is 2. The van der Waals surface area contributed by atoms with Crippen LogP contribution in [0.25, 0.3) is 0 Å². The number of ether oxygens (including phenoxy) is 1. The fraction of sp³-hybridized carbons (Fsp3) is 0.619. The molecule has 1 aromatic carbocycles. The third-order valence-corrected chi connectivity index (χ3v) is 5.47. The summed E-state index contributed by atoms with van der Waals surface area (Å²) in [4.78, 5) is 28.3. The molecule has 2 saturated heterocycles. The Kier molecular flexibility index (Phi) is 6.75. The molecule has 0 spiro atoms. The molecule has 0 unspecified atom stereocenters. The normalized spacial score (nSPS) is 19.0. The molecule has 0 saturated carbocycles. The van der Waals surface area contributed by atoms with E-state index in [1.54, 1.807) is 12.1 Å². The molecular weight excluding hydrogens is 361 g/mol. The summed E-state index contributed by atoms with van der Waals surface area (Å²) < 4.78 is 18.8. The summed E-state index contributed by atoms with van der Waals surface area (Å²) in [6.07, 6.45) is 3.15. The first-order valence-corrected chi connectivity index (χ1v) is 10.2. The van der Waals surface area contributed by atoms with Gasteiger partial charge in [-0.3, -0.25) is 4.79 Å². The SMILES string of the molecule is CC(C)C(=O)N1CCC(NC(=O)N2CCC(Oc3ccc(F)cc3)CC2)CC1. The number of halogens is 1. The van der Waals surface area contributed by atoms with Crippen LogP contribution in [0.4, 0.5) is 9.18 Å². The average molecular weight is 391 g/mol. The van der Waals surface area contributed by atoms with Gasteiger partial charge in [-0.2, -0.15) is 0 Å². The van der Waals surface area contributed by atoms with Crippen LogP contribution in [0.3, 0.4) is 0 Å². The molecule has 2 fully saturated rings. The number of rotatable bonds is 4. The van der Waals surface area contributed by atoms with Crippen molar-refractivity contribution in [1.82, 2.24) is 15.1 Å². The van der Waals surface area contributed by atoms with Crippen molar-refractivity contribution in [3.8, 4) is 5.75 Å². The van der Waals surface area contributed by atoms with Crippen molar-refractivity contribution in [2.75, 3.05) is 26.2 Å². The lowest BCUT2D eigenvalue weighted by molar-refractivity contribution is -0.135. The molecule has 3 rings (SSSR count). The van der Waals surface area contributed by atoms with Crippen LogP contribution in [-0.2, 0) is 4.79 Å². The van der Waals surface area contributed by atoms with Crippen LogP contribution < -0.4 is 10.1 Å². The standard InChI is InChI=1S/C21H30FN3O3/c1-15(2)20(26)24-11-7-17(8-12-24)23-21(27)25-13-9-19(10-14-25)28-18-5-3-16(22)4-6-18/h3-6,15,17,19H,7-14H2,1-2H3,(H,23,27). The van der Waals surface area contributed by atoms with Gasteiger partial charge in [0.05, 0.1) is 0 Å². The summed E-state index contributed by atoms with van der Waals surface area (Å²) in [5.41, 5.74) is 0. The van der Waals surface area contributed by atoms with E-state index in [9.17, 15) is 14.0 Å². The van der Waals surface area contributed by atoms with Crippen LogP contribution in [-0.4, -0.2) is 60.1 Å². The minimum absolute atomic E-state index is 0.0181. The molecule has 0 radical (unpaired) electrons. The van der Waals surface area contributed by atoms with E-state index in [-0.39, 0.29) is 35.8 Å². The first-order valence-electron chi connectivity index (χ1n) is 10.2. The second-order valence-corrected chi connectivity index (χ2v) is 7.96. The maximum absolute atomic E-state index is 13.0. The van der Waals surface area contributed by atoms with Crippen molar-refractivity contribution in [2.45, 2.75) is 51.7 Å². The molecule has 7 heteroatoms. The van der Waals surface area contributed by atoms with E-state index in [0.29, 0.717) is 31.9 Å². The third-order valence-electron chi connectivity index (χ3n) is 5.47. The maximum atomic E-state index is 13.0. The maximum Gasteiger partial charge on any atom is 0.317 e. The smallest absolute Gasteiger partial charge is 0.317 e. The van der Waals surface area contributed by atoms with Crippen LogP contribution in [0.15, 0.2) is 24.3 Å². The summed E-state index contributed by atoms with van der Waals surface area (Å²) in [7, 11) is 0. The molecule has 3 amide bonds. The van der Waals surface area contributed by atoms with Gasteiger partial charge in [0.25, 0.3) is 0 Å². The summed E-state index contributed by atoms with van der Waals surface area (Å²) >= 11 is 0. The topological polar surface area (TPSA) is 61.9 Å². The Labute approximate surface area is 166 Å². The van der Waals surface area contributed by atoms with Crippen molar-refractivity contribution in [3.63, 3.8) is 0 Å². The highest BCUT2D eigenvalue weighted by molar-refractivity contribution is 5.78. The lowest BCUT2D eigenvalue weighted by Gasteiger charge is -2.36. The number of piperidine rings is 2. The first kappa shape index (κ1) is 20.4. The van der Waals surface area contributed by atoms with E-state index < -0.39 is 0 Å². The number of amides is 3. The molecule has 0 aliphatic carbocycles. The average Bonchev–Trinajstić information content (AvgIpc) is 2.70. The van der Waals surface area contributed by atoms with Crippen LogP contribution in [0.5, 0.6) is 5.75 Å². The third kappa shape index (κ3) is 5.36. The predicted molar refractivity (Wildman–Crippen MR) is 105 cm³/mol. The minimum Gasteiger partial charge on any atom is -0.490 e. The van der Waals surface area contributed by atoms with Crippen LogP contribution >= 0.6 is 0 Å². The molecule has 0 aromatic heterocycles. The second kappa shape index (κ2) is 9.26. The molecular formula is C21H30FN3O3. The van der Waals surface area contributed by atoms with Gasteiger partial charge in [-0.25, -0.2) is 9.18 Å². The number of hydrogen-bond donors (Lipinski definition) is 1. The monoisotopic (exact) mass is 391 g/mol. The van der Waals surface area contributed by atoms with E-state index in [0.717, 1.165) is 25.7 Å². The van der Waals surface area contributed by atoms with Crippen LogP contribution in [0.2, 0.25) is 0 Å². The number of benzene rings is 1. The number of nitrogens with zero attached hydrogens (tertiary/aromatic N) is 2. The van der Waals surface area contributed by atoms with E-state index in [1.165, 1.54) is 12.1 Å². The van der Waals surface area contributed by atoms with E-state index >= 15 is 0 Å². The number of urea groups is 1. The highest BCUT2D eigenvalue weighted by Gasteiger charge is 2.28. The number of nitrogens with one attached hydrogen (secondary N) is 1. The van der Waals surface area contributed by atoms with E-state index in [4.69, 9.17) is 4.74 Å². The van der Waals surface area contributed by atoms with Gasteiger partial charge in [-0.05, 0) is 37.1 Å². The molecule has 154 valence electrons. The molecule has 0 bridgehead atoms. The molecule has 2 heterocycles. The highest BCUT2D eigenvalue weighted by atomic mass is 19.1. The Morgan fingerprint density at radius 2 is 1.57 bits per heavy atom. The molecule has 6 nitrogen and oxygen atoms in total. The Hall–Kier alpha value is -2.31. The number of carbonyl (C=O) groups excluding carboxylic acids is 2. The zero-order valence-corrected chi connectivity index (χ0v) is 16.7. The van der Waals surface area contributed by atoms with Crippen LogP contribution in [0, 0.1) is 11.7 Å². The largest absolute Gasteiger partial charge is 0.490 e. The summed E-state index contributed by atoms with van der Waals surface area (Å²) in [6.45, 7) is 6.52.